The predicted molar refractivity (Wildman–Crippen MR) is 74.4 cm³/mol. The molecule has 0 fully saturated rings. The summed E-state index contributed by atoms with van der Waals surface area (Å²) in [5.74, 6) is -0.372. The highest BCUT2D eigenvalue weighted by Gasteiger charge is 2.04. The fourth-order valence-electron chi connectivity index (χ4n) is 1.54. The standard InChI is InChI=1S/C13H20N2OS/c1-9-6-11(13(14)16)4-5-12(9)8-15-7-10(2)17-3/h4-6,10,15H,7-8H2,1-3H3,(H2,14,16). The molecule has 0 heterocycles. The van der Waals surface area contributed by atoms with E-state index < -0.39 is 0 Å². The third-order valence-electron chi connectivity index (χ3n) is 2.78. The van der Waals surface area contributed by atoms with Crippen LogP contribution in [0.2, 0.25) is 0 Å². The van der Waals surface area contributed by atoms with Crippen LogP contribution in [0.5, 0.6) is 0 Å². The molecule has 3 nitrogen and oxygen atoms in total. The molecule has 0 saturated heterocycles. The van der Waals surface area contributed by atoms with Gasteiger partial charge in [0.15, 0.2) is 0 Å². The smallest absolute Gasteiger partial charge is 0.248 e. The number of amides is 1. The highest BCUT2D eigenvalue weighted by molar-refractivity contribution is 7.99. The average molecular weight is 252 g/mol. The number of aryl methyl sites for hydroxylation is 1. The summed E-state index contributed by atoms with van der Waals surface area (Å²) in [5, 5.41) is 4.02. The number of hydrogen-bond acceptors (Lipinski definition) is 3. The van der Waals surface area contributed by atoms with Crippen LogP contribution in [0.15, 0.2) is 18.2 Å². The van der Waals surface area contributed by atoms with E-state index >= 15 is 0 Å². The first kappa shape index (κ1) is 14.1. The number of nitrogens with one attached hydrogen (secondary N) is 1. The lowest BCUT2D eigenvalue weighted by Crippen LogP contribution is -2.22. The number of carbonyl (C=O) groups is 1. The highest BCUT2D eigenvalue weighted by atomic mass is 32.2. The van der Waals surface area contributed by atoms with E-state index in [0.717, 1.165) is 18.7 Å². The minimum atomic E-state index is -0.372. The molecule has 1 aromatic rings. The lowest BCUT2D eigenvalue weighted by atomic mass is 10.0. The van der Waals surface area contributed by atoms with Gasteiger partial charge in [-0.25, -0.2) is 0 Å². The van der Waals surface area contributed by atoms with E-state index in [1.54, 1.807) is 6.07 Å². The Balaban J connectivity index is 2.57. The first-order chi connectivity index (χ1) is 8.04. The van der Waals surface area contributed by atoms with Crippen LogP contribution in [0.25, 0.3) is 0 Å². The molecule has 0 aromatic heterocycles. The first-order valence-electron chi connectivity index (χ1n) is 5.67. The molecule has 0 aliphatic rings. The monoisotopic (exact) mass is 252 g/mol. The van der Waals surface area contributed by atoms with Crippen LogP contribution in [-0.4, -0.2) is 24.0 Å². The fraction of sp³-hybridized carbons (Fsp3) is 0.462. The van der Waals surface area contributed by atoms with Crippen LogP contribution < -0.4 is 11.1 Å². The van der Waals surface area contributed by atoms with E-state index in [2.05, 4.69) is 18.5 Å². The Labute approximate surface area is 107 Å². The Morgan fingerprint density at radius 3 is 2.76 bits per heavy atom. The van der Waals surface area contributed by atoms with Crippen molar-refractivity contribution in [1.82, 2.24) is 5.32 Å². The van der Waals surface area contributed by atoms with E-state index in [1.165, 1.54) is 5.56 Å². The van der Waals surface area contributed by atoms with E-state index in [0.29, 0.717) is 10.8 Å². The molecule has 0 aliphatic heterocycles. The van der Waals surface area contributed by atoms with Crippen LogP contribution in [-0.2, 0) is 6.54 Å². The van der Waals surface area contributed by atoms with Gasteiger partial charge in [-0.1, -0.05) is 13.0 Å². The van der Waals surface area contributed by atoms with E-state index in [4.69, 9.17) is 5.73 Å². The van der Waals surface area contributed by atoms with Crippen molar-refractivity contribution in [2.75, 3.05) is 12.8 Å². The highest BCUT2D eigenvalue weighted by Crippen LogP contribution is 2.11. The molecular weight excluding hydrogens is 232 g/mol. The summed E-state index contributed by atoms with van der Waals surface area (Å²) in [6.07, 6.45) is 2.11. The quantitative estimate of drug-likeness (QED) is 0.813. The third-order valence-corrected chi connectivity index (χ3v) is 3.75. The molecule has 1 rings (SSSR count). The molecule has 0 bridgehead atoms. The summed E-state index contributed by atoms with van der Waals surface area (Å²) in [6, 6.07) is 5.59. The predicted octanol–water partition coefficient (Wildman–Crippen LogP) is 1.94. The van der Waals surface area contributed by atoms with Gasteiger partial charge in [0.1, 0.15) is 0 Å². The molecule has 3 N–H and O–H groups in total. The van der Waals surface area contributed by atoms with Gasteiger partial charge in [0, 0.05) is 23.9 Å². The molecule has 0 aliphatic carbocycles. The number of rotatable bonds is 6. The zero-order valence-corrected chi connectivity index (χ0v) is 11.4. The van der Waals surface area contributed by atoms with E-state index in [9.17, 15) is 4.79 Å². The second kappa shape index (κ2) is 6.67. The van der Waals surface area contributed by atoms with Crippen molar-refractivity contribution in [3.63, 3.8) is 0 Å². The lowest BCUT2D eigenvalue weighted by molar-refractivity contribution is 0.1000. The van der Waals surface area contributed by atoms with Gasteiger partial charge in [-0.3, -0.25) is 4.79 Å². The van der Waals surface area contributed by atoms with Crippen molar-refractivity contribution in [1.29, 1.82) is 0 Å². The number of carbonyl (C=O) groups excluding carboxylic acids is 1. The molecule has 1 unspecified atom stereocenters. The Morgan fingerprint density at radius 2 is 2.24 bits per heavy atom. The van der Waals surface area contributed by atoms with Crippen molar-refractivity contribution >= 4 is 17.7 Å². The molecular formula is C13H20N2OS. The Kier molecular flexibility index (Phi) is 5.51. The molecule has 94 valence electrons. The second-order valence-electron chi connectivity index (χ2n) is 4.18. The van der Waals surface area contributed by atoms with Gasteiger partial charge in [0.25, 0.3) is 0 Å². The number of benzene rings is 1. The van der Waals surface area contributed by atoms with Gasteiger partial charge >= 0.3 is 0 Å². The van der Waals surface area contributed by atoms with Crippen molar-refractivity contribution in [2.45, 2.75) is 25.6 Å². The van der Waals surface area contributed by atoms with Crippen LogP contribution in [0.4, 0.5) is 0 Å². The van der Waals surface area contributed by atoms with Crippen LogP contribution in [0.1, 0.15) is 28.4 Å². The summed E-state index contributed by atoms with van der Waals surface area (Å²) >= 11 is 1.85. The van der Waals surface area contributed by atoms with Gasteiger partial charge in [-0.15, -0.1) is 0 Å². The van der Waals surface area contributed by atoms with Crippen molar-refractivity contribution in [3.8, 4) is 0 Å². The average Bonchev–Trinajstić information content (AvgIpc) is 2.30. The molecule has 0 saturated carbocycles. The molecule has 17 heavy (non-hydrogen) atoms. The first-order valence-corrected chi connectivity index (χ1v) is 6.96. The van der Waals surface area contributed by atoms with Crippen molar-refractivity contribution < 1.29 is 4.79 Å². The minimum absolute atomic E-state index is 0.372. The largest absolute Gasteiger partial charge is 0.366 e. The zero-order chi connectivity index (χ0) is 12.8. The number of thioether (sulfide) groups is 1. The molecule has 1 amide bonds. The summed E-state index contributed by atoms with van der Waals surface area (Å²) in [6.45, 7) is 6.01. The number of hydrogen-bond donors (Lipinski definition) is 2. The SMILES string of the molecule is CSC(C)CNCc1ccc(C(N)=O)cc1C. The Bertz CT molecular complexity index is 393. The topological polar surface area (TPSA) is 55.1 Å². The van der Waals surface area contributed by atoms with Crippen molar-refractivity contribution in [2.24, 2.45) is 5.73 Å². The summed E-state index contributed by atoms with van der Waals surface area (Å²) in [7, 11) is 0. The maximum Gasteiger partial charge on any atom is 0.248 e. The summed E-state index contributed by atoms with van der Waals surface area (Å²) < 4.78 is 0. The van der Waals surface area contributed by atoms with Crippen LogP contribution >= 0.6 is 11.8 Å². The molecule has 1 aromatic carbocycles. The number of primary amides is 1. The minimum Gasteiger partial charge on any atom is -0.366 e. The van der Waals surface area contributed by atoms with Crippen molar-refractivity contribution in [3.05, 3.63) is 34.9 Å². The number of nitrogens with two attached hydrogens (primary N) is 1. The van der Waals surface area contributed by atoms with Gasteiger partial charge in [-0.05, 0) is 36.4 Å². The van der Waals surface area contributed by atoms with E-state index in [1.807, 2.05) is 30.8 Å². The lowest BCUT2D eigenvalue weighted by Gasteiger charge is -2.11. The third kappa shape index (κ3) is 4.40. The Hall–Kier alpha value is -1.00. The van der Waals surface area contributed by atoms with Gasteiger partial charge in [0.2, 0.25) is 5.91 Å². The zero-order valence-electron chi connectivity index (χ0n) is 10.6. The summed E-state index contributed by atoms with van der Waals surface area (Å²) in [5.41, 5.74) is 8.12. The summed E-state index contributed by atoms with van der Waals surface area (Å²) in [4.78, 5) is 11.0. The normalized spacial score (nSPS) is 12.4. The molecule has 0 radical (unpaired) electrons. The van der Waals surface area contributed by atoms with Crippen LogP contribution in [0.3, 0.4) is 0 Å². The van der Waals surface area contributed by atoms with Gasteiger partial charge in [0.05, 0.1) is 0 Å². The molecule has 0 spiro atoms. The van der Waals surface area contributed by atoms with Gasteiger partial charge < -0.3 is 11.1 Å². The van der Waals surface area contributed by atoms with Gasteiger partial charge in [-0.2, -0.15) is 11.8 Å². The van der Waals surface area contributed by atoms with Crippen LogP contribution in [0, 0.1) is 6.92 Å². The second-order valence-corrected chi connectivity index (χ2v) is 5.46. The maximum atomic E-state index is 11.0. The maximum absolute atomic E-state index is 11.0. The molecule has 1 atom stereocenters. The fourth-order valence-corrected chi connectivity index (χ4v) is 1.83. The van der Waals surface area contributed by atoms with E-state index in [-0.39, 0.29) is 5.91 Å². The Morgan fingerprint density at radius 1 is 1.53 bits per heavy atom. The molecule has 4 heteroatoms.